The van der Waals surface area contributed by atoms with Crippen LogP contribution in [0.1, 0.15) is 13.8 Å². The minimum atomic E-state index is -5.08. The Kier molecular flexibility index (Phi) is 6.15. The van der Waals surface area contributed by atoms with Gasteiger partial charge in [-0.15, -0.1) is 0 Å². The van der Waals surface area contributed by atoms with Gasteiger partial charge in [-0.05, 0) is 0 Å². The van der Waals surface area contributed by atoms with Crippen molar-refractivity contribution >= 4 is 16.2 Å². The second-order valence-corrected chi connectivity index (χ2v) is 4.84. The van der Waals surface area contributed by atoms with Crippen molar-refractivity contribution in [3.8, 4) is 0 Å². The molecular weight excluding hydrogens is 177 g/mol. The maximum absolute atomic E-state index is 10.6. The van der Waals surface area contributed by atoms with Crippen LogP contribution < -0.4 is 0 Å². The van der Waals surface area contributed by atoms with Crippen LogP contribution in [-0.2, 0) is 4.79 Å². The van der Waals surface area contributed by atoms with Gasteiger partial charge >= 0.3 is 12.1 Å². The Morgan fingerprint density at radius 2 is 1.55 bits per heavy atom. The zero-order chi connectivity index (χ0) is 9.65. The van der Waals surface area contributed by atoms with Crippen LogP contribution in [-0.4, -0.2) is 27.5 Å². The van der Waals surface area contributed by atoms with Crippen molar-refractivity contribution in [3.05, 3.63) is 0 Å². The number of carboxylic acid groups (broad SMARTS) is 1. The lowest BCUT2D eigenvalue weighted by molar-refractivity contribution is -0.192. The highest BCUT2D eigenvalue weighted by molar-refractivity contribution is 6.10. The first kappa shape index (κ1) is 13.1. The van der Waals surface area contributed by atoms with E-state index in [2.05, 4.69) is 13.8 Å². The molecule has 1 N–H and O–H groups in total. The number of hydrogen-bond acceptors (Lipinski definition) is 1. The van der Waals surface area contributed by atoms with Crippen molar-refractivity contribution in [1.29, 1.82) is 0 Å². The number of aliphatic carboxylic acids is 1. The molecule has 0 atom stereocenters. The zero-order valence-electron chi connectivity index (χ0n) is 6.57. The van der Waals surface area contributed by atoms with E-state index in [9.17, 15) is 13.2 Å². The summed E-state index contributed by atoms with van der Waals surface area (Å²) in [4.78, 5) is 8.90. The van der Waals surface area contributed by atoms with Crippen LogP contribution in [0.3, 0.4) is 0 Å². The molecule has 0 spiro atoms. The highest BCUT2D eigenvalue weighted by Crippen LogP contribution is 2.13. The first-order valence-electron chi connectivity index (χ1n) is 2.98. The van der Waals surface area contributed by atoms with Gasteiger partial charge in [0, 0.05) is 10.2 Å². The summed E-state index contributed by atoms with van der Waals surface area (Å²) in [5, 5.41) is 7.12. The maximum Gasteiger partial charge on any atom is 0.490 e. The number of halogens is 3. The Hall–Kier alpha value is -0.523. The molecule has 0 aromatic heterocycles. The third-order valence-electron chi connectivity index (χ3n) is 0.243. The third-order valence-corrected chi connectivity index (χ3v) is 0.243. The molecule has 68 valence electrons. The van der Waals surface area contributed by atoms with Gasteiger partial charge in [0.25, 0.3) is 0 Å². The van der Waals surface area contributed by atoms with Gasteiger partial charge in [0.15, 0.2) is 0 Å². The van der Waals surface area contributed by atoms with Gasteiger partial charge in [-0.2, -0.15) is 13.2 Å². The van der Waals surface area contributed by atoms with Gasteiger partial charge in [-0.1, -0.05) is 19.4 Å². The van der Waals surface area contributed by atoms with E-state index in [1.54, 1.807) is 0 Å². The molecule has 0 fully saturated rings. The van der Waals surface area contributed by atoms with Crippen LogP contribution >= 0.6 is 0 Å². The summed E-state index contributed by atoms with van der Waals surface area (Å²) in [5.74, 6) is -2.76. The van der Waals surface area contributed by atoms with E-state index in [-0.39, 0.29) is 0 Å². The molecule has 0 saturated carbocycles. The fraction of sp³-hybridized carbons (Fsp3) is 0.800. The maximum atomic E-state index is 10.6. The second kappa shape index (κ2) is 5.17. The predicted octanol–water partition coefficient (Wildman–Crippen LogP) is 0.813. The molecule has 0 heterocycles. The van der Waals surface area contributed by atoms with Crippen molar-refractivity contribution in [2.24, 2.45) is 0 Å². The van der Waals surface area contributed by atoms with Crippen molar-refractivity contribution in [1.82, 2.24) is 0 Å². The Morgan fingerprint density at radius 3 is 1.55 bits per heavy atom. The predicted molar refractivity (Wildman–Crippen MR) is 38.7 cm³/mol. The van der Waals surface area contributed by atoms with Gasteiger partial charge < -0.3 is 5.11 Å². The molecular formula is C5H11F3O2Si. The number of carboxylic acids is 1. The molecule has 0 aromatic carbocycles. The quantitative estimate of drug-likeness (QED) is 0.571. The van der Waals surface area contributed by atoms with Crippen molar-refractivity contribution in [2.45, 2.75) is 25.6 Å². The summed E-state index contributed by atoms with van der Waals surface area (Å²) in [6, 6.07) is 0. The van der Waals surface area contributed by atoms with Crippen LogP contribution in [0.15, 0.2) is 0 Å². The second-order valence-electron chi connectivity index (χ2n) is 2.53. The topological polar surface area (TPSA) is 37.3 Å². The molecule has 0 rings (SSSR count). The van der Waals surface area contributed by atoms with E-state index in [4.69, 9.17) is 9.90 Å². The zero-order valence-corrected chi connectivity index (χ0v) is 8.57. The lowest BCUT2D eigenvalue weighted by Crippen LogP contribution is -2.21. The molecule has 2 nitrogen and oxygen atoms in total. The van der Waals surface area contributed by atoms with Crippen molar-refractivity contribution in [3.63, 3.8) is 0 Å². The summed E-state index contributed by atoms with van der Waals surface area (Å²) >= 11 is 0. The molecule has 0 bridgehead atoms. The molecule has 0 aromatic rings. The molecule has 0 aliphatic heterocycles. The lowest BCUT2D eigenvalue weighted by Gasteiger charge is -1.93. The van der Waals surface area contributed by atoms with E-state index >= 15 is 0 Å². The highest BCUT2D eigenvalue weighted by atomic mass is 28.1. The minimum absolute atomic E-state index is 0.972. The van der Waals surface area contributed by atoms with E-state index in [0.717, 1.165) is 5.54 Å². The van der Waals surface area contributed by atoms with Crippen LogP contribution in [0.5, 0.6) is 0 Å². The summed E-state index contributed by atoms with van der Waals surface area (Å²) in [5.41, 5.74) is 0.972. The van der Waals surface area contributed by atoms with E-state index in [1.807, 2.05) is 0 Å². The Bertz CT molecular complexity index is 119. The fourth-order valence-electron chi connectivity index (χ4n) is 0. The standard InChI is InChI=1S/C3H10Si.C2HF3O2/c1-3(2)4;3-2(4,5)1(6)7/h3H,1-2,4H3;(H,6,7). The monoisotopic (exact) mass is 188 g/mol. The van der Waals surface area contributed by atoms with Gasteiger partial charge in [-0.25, -0.2) is 4.79 Å². The number of rotatable bonds is 0. The Balaban J connectivity index is 0. The van der Waals surface area contributed by atoms with Gasteiger partial charge in [0.2, 0.25) is 0 Å². The molecule has 0 amide bonds. The summed E-state index contributed by atoms with van der Waals surface area (Å²) < 4.78 is 31.7. The van der Waals surface area contributed by atoms with Crippen LogP contribution in [0.4, 0.5) is 13.2 Å². The minimum Gasteiger partial charge on any atom is -0.475 e. The first-order chi connectivity index (χ1) is 4.68. The van der Waals surface area contributed by atoms with E-state index in [0.29, 0.717) is 0 Å². The van der Waals surface area contributed by atoms with Crippen LogP contribution in [0, 0.1) is 0 Å². The Labute approximate surface area is 65.8 Å². The Morgan fingerprint density at radius 1 is 1.45 bits per heavy atom. The van der Waals surface area contributed by atoms with Gasteiger partial charge in [-0.3, -0.25) is 0 Å². The lowest BCUT2D eigenvalue weighted by atomic mass is 10.6. The van der Waals surface area contributed by atoms with Crippen molar-refractivity contribution in [2.75, 3.05) is 0 Å². The number of carbonyl (C=O) groups is 1. The average Bonchev–Trinajstić information content (AvgIpc) is 1.59. The number of hydrogen-bond donors (Lipinski definition) is 1. The normalized spacial score (nSPS) is 10.7. The largest absolute Gasteiger partial charge is 0.490 e. The molecule has 0 saturated heterocycles. The van der Waals surface area contributed by atoms with Crippen LogP contribution in [0.25, 0.3) is 0 Å². The smallest absolute Gasteiger partial charge is 0.475 e. The SMILES string of the molecule is CC(C)[SiH3].O=C(O)C(F)(F)F. The average molecular weight is 188 g/mol. The van der Waals surface area contributed by atoms with E-state index in [1.165, 1.54) is 10.2 Å². The molecule has 0 aliphatic carbocycles. The molecule has 6 heteroatoms. The highest BCUT2D eigenvalue weighted by Gasteiger charge is 2.38. The summed E-state index contributed by atoms with van der Waals surface area (Å²) in [6.45, 7) is 4.46. The molecule has 11 heavy (non-hydrogen) atoms. The fourth-order valence-corrected chi connectivity index (χ4v) is 0. The molecule has 0 unspecified atom stereocenters. The third kappa shape index (κ3) is 17.7. The van der Waals surface area contributed by atoms with Gasteiger partial charge in [0.1, 0.15) is 0 Å². The van der Waals surface area contributed by atoms with Gasteiger partial charge in [0.05, 0.1) is 0 Å². The molecule has 0 radical (unpaired) electrons. The van der Waals surface area contributed by atoms with Crippen molar-refractivity contribution < 1.29 is 23.1 Å². The first-order valence-corrected chi connectivity index (χ1v) is 4.13. The van der Waals surface area contributed by atoms with E-state index < -0.39 is 12.1 Å². The summed E-state index contributed by atoms with van der Waals surface area (Å²) in [7, 11) is 1.35. The summed E-state index contributed by atoms with van der Waals surface area (Å²) in [6.07, 6.45) is -5.08. The number of alkyl halides is 3. The molecule has 0 aliphatic rings. The van der Waals surface area contributed by atoms with Crippen LogP contribution in [0.2, 0.25) is 5.54 Å².